The van der Waals surface area contributed by atoms with E-state index in [9.17, 15) is 30.3 Å². The van der Waals surface area contributed by atoms with Gasteiger partial charge in [-0.25, -0.2) is 0 Å². The quantitative estimate of drug-likeness (QED) is 0.390. The number of ether oxygens (including phenoxy) is 1. The summed E-state index contributed by atoms with van der Waals surface area (Å²) < 4.78 is 5.75. The normalized spacial score (nSPS) is 16.8. The van der Waals surface area contributed by atoms with Crippen molar-refractivity contribution < 1.29 is 24.6 Å². The molecule has 31 heavy (non-hydrogen) atoms. The molecule has 1 aliphatic heterocycles. The summed E-state index contributed by atoms with van der Waals surface area (Å²) in [7, 11) is 0. The number of hydrogen-bond acceptors (Lipinski definition) is 9. The number of non-ortho nitro benzene ring substituents is 1. The van der Waals surface area contributed by atoms with E-state index in [0.29, 0.717) is 24.2 Å². The van der Waals surface area contributed by atoms with E-state index in [0.717, 1.165) is 12.4 Å². The first-order valence-corrected chi connectivity index (χ1v) is 9.26. The van der Waals surface area contributed by atoms with Crippen LogP contribution in [0.1, 0.15) is 19.4 Å². The molecule has 0 spiro atoms. The summed E-state index contributed by atoms with van der Waals surface area (Å²) in [5.74, 6) is -0.216. The molecule has 2 atom stereocenters. The maximum atomic E-state index is 10.4. The smallest absolute Gasteiger partial charge is 0.324 e. The van der Waals surface area contributed by atoms with Crippen LogP contribution in [0.2, 0.25) is 0 Å². The zero-order chi connectivity index (χ0) is 23.3. The van der Waals surface area contributed by atoms with Crippen LogP contribution in [-0.2, 0) is 0 Å². The Hall–Kier alpha value is -3.80. The number of phenols is 1. The number of benzene rings is 2. The van der Waals surface area contributed by atoms with Gasteiger partial charge in [-0.1, -0.05) is 12.1 Å². The van der Waals surface area contributed by atoms with Gasteiger partial charge in [0.15, 0.2) is 0 Å². The van der Waals surface area contributed by atoms with E-state index < -0.39 is 37.6 Å². The summed E-state index contributed by atoms with van der Waals surface area (Å²) in [5, 5.41) is 40.2. The molecule has 1 heterocycles. The van der Waals surface area contributed by atoms with E-state index in [-0.39, 0.29) is 0 Å². The Morgan fingerprint density at radius 1 is 1.06 bits per heavy atom. The fourth-order valence-electron chi connectivity index (χ4n) is 2.85. The van der Waals surface area contributed by atoms with E-state index in [1.165, 1.54) is 12.1 Å². The van der Waals surface area contributed by atoms with Crippen LogP contribution in [0.4, 0.5) is 17.1 Å². The lowest BCUT2D eigenvalue weighted by atomic mass is 10.2. The number of nitro benzene ring substituents is 3. The molecule has 0 aliphatic carbocycles. The third-order valence-electron chi connectivity index (χ3n) is 4.51. The van der Waals surface area contributed by atoms with Crippen LogP contribution in [0, 0.1) is 37.3 Å². The van der Waals surface area contributed by atoms with Crippen LogP contribution in [0.3, 0.4) is 0 Å². The van der Waals surface area contributed by atoms with Gasteiger partial charge in [0, 0.05) is 12.6 Å². The van der Waals surface area contributed by atoms with Gasteiger partial charge < -0.3 is 9.84 Å². The Labute approximate surface area is 177 Å². The summed E-state index contributed by atoms with van der Waals surface area (Å²) >= 11 is 0. The van der Waals surface area contributed by atoms with Gasteiger partial charge in [0.05, 0.1) is 32.9 Å². The number of aryl methyl sites for hydroxylation is 1. The van der Waals surface area contributed by atoms with Crippen molar-refractivity contribution in [3.05, 3.63) is 72.3 Å². The molecule has 166 valence electrons. The standard InChI is InChI=1S/C13H19NO.C6H3N3O7/c1-10(2)14-8-12(14)9-15-13-6-4-5-11(3)7-13;10-6-4(8(13)14)1-3(7(11)12)2-5(6)9(15)16/h4-7,10,12H,8-9H2,1-3H3;1-2,10H. The van der Waals surface area contributed by atoms with E-state index in [1.807, 2.05) is 12.1 Å². The second kappa shape index (κ2) is 9.80. The number of phenolic OH excluding ortho intramolecular Hbond substituents is 1. The zero-order valence-electron chi connectivity index (χ0n) is 17.1. The molecule has 0 saturated carbocycles. The summed E-state index contributed by atoms with van der Waals surface area (Å²) in [5.41, 5.74) is -1.75. The van der Waals surface area contributed by atoms with Crippen LogP contribution in [0.25, 0.3) is 0 Å². The highest BCUT2D eigenvalue weighted by Gasteiger charge is 2.36. The van der Waals surface area contributed by atoms with Gasteiger partial charge in [-0.05, 0) is 38.5 Å². The molecule has 0 bridgehead atoms. The Morgan fingerprint density at radius 3 is 2.06 bits per heavy atom. The number of hydrogen-bond donors (Lipinski definition) is 1. The molecule has 1 saturated heterocycles. The summed E-state index contributed by atoms with van der Waals surface area (Å²) in [6.07, 6.45) is 0. The van der Waals surface area contributed by atoms with Gasteiger partial charge in [0.25, 0.3) is 11.4 Å². The molecule has 2 aromatic rings. The first-order valence-electron chi connectivity index (χ1n) is 9.26. The van der Waals surface area contributed by atoms with Crippen molar-refractivity contribution in [2.75, 3.05) is 13.2 Å². The van der Waals surface area contributed by atoms with Gasteiger partial charge in [-0.2, -0.15) is 0 Å². The molecule has 0 aromatic heterocycles. The zero-order valence-corrected chi connectivity index (χ0v) is 17.1. The van der Waals surface area contributed by atoms with Crippen LogP contribution in [-0.4, -0.2) is 50.0 Å². The highest BCUT2D eigenvalue weighted by molar-refractivity contribution is 5.64. The first kappa shape index (κ1) is 23.5. The van der Waals surface area contributed by atoms with E-state index in [4.69, 9.17) is 9.84 Å². The van der Waals surface area contributed by atoms with Crippen LogP contribution >= 0.6 is 0 Å². The molecular formula is C19H22N4O8. The number of rotatable bonds is 7. The molecule has 1 aliphatic rings. The van der Waals surface area contributed by atoms with Gasteiger partial charge in [-0.3, -0.25) is 35.2 Å². The minimum Gasteiger partial charge on any atom is -0.497 e. The fourth-order valence-corrected chi connectivity index (χ4v) is 2.85. The Kier molecular flexibility index (Phi) is 7.42. The first-order chi connectivity index (χ1) is 14.5. The van der Waals surface area contributed by atoms with Crippen LogP contribution < -0.4 is 4.74 Å². The molecule has 2 unspecified atom stereocenters. The number of aromatic hydroxyl groups is 1. The van der Waals surface area contributed by atoms with Crippen molar-refractivity contribution in [2.45, 2.75) is 32.9 Å². The predicted molar refractivity (Wildman–Crippen MR) is 110 cm³/mol. The lowest BCUT2D eigenvalue weighted by Crippen LogP contribution is -2.16. The van der Waals surface area contributed by atoms with Crippen molar-refractivity contribution in [1.82, 2.24) is 4.90 Å². The average molecular weight is 434 g/mol. The van der Waals surface area contributed by atoms with Crippen molar-refractivity contribution >= 4 is 17.1 Å². The largest absolute Gasteiger partial charge is 0.497 e. The van der Waals surface area contributed by atoms with Crippen molar-refractivity contribution in [1.29, 1.82) is 0 Å². The Balaban J connectivity index is 0.000000220. The monoisotopic (exact) mass is 434 g/mol. The predicted octanol–water partition coefficient (Wildman–Crippen LogP) is 3.58. The lowest BCUT2D eigenvalue weighted by Gasteiger charge is -2.09. The van der Waals surface area contributed by atoms with Crippen molar-refractivity contribution in [2.24, 2.45) is 0 Å². The second-order valence-electron chi connectivity index (χ2n) is 7.18. The van der Waals surface area contributed by atoms with Gasteiger partial charge in [0.2, 0.25) is 0 Å². The summed E-state index contributed by atoms with van der Waals surface area (Å²) in [6.45, 7) is 8.55. The maximum absolute atomic E-state index is 10.4. The van der Waals surface area contributed by atoms with E-state index in [2.05, 4.69) is 37.8 Å². The molecule has 2 aromatic carbocycles. The second-order valence-corrected chi connectivity index (χ2v) is 7.18. The molecule has 12 nitrogen and oxygen atoms in total. The van der Waals surface area contributed by atoms with Crippen LogP contribution in [0.5, 0.6) is 11.5 Å². The molecule has 12 heteroatoms. The highest BCUT2D eigenvalue weighted by Crippen LogP contribution is 2.38. The minimum atomic E-state index is -1.21. The number of nitrogens with zero attached hydrogens (tertiary/aromatic N) is 4. The average Bonchev–Trinajstić information content (AvgIpc) is 3.46. The fraction of sp³-hybridized carbons (Fsp3) is 0.368. The van der Waals surface area contributed by atoms with E-state index >= 15 is 0 Å². The molecule has 0 radical (unpaired) electrons. The summed E-state index contributed by atoms with van der Waals surface area (Å²) in [6, 6.07) is 10.4. The SMILES string of the molecule is Cc1cccc(OCC2CN2C(C)C)c1.O=[N+]([O-])c1cc([N+](=O)[O-])c(O)c([N+](=O)[O-])c1. The third kappa shape index (κ3) is 6.34. The molecular weight excluding hydrogens is 412 g/mol. The maximum Gasteiger partial charge on any atom is 0.324 e. The highest BCUT2D eigenvalue weighted by atomic mass is 16.6. The van der Waals surface area contributed by atoms with Gasteiger partial charge >= 0.3 is 11.4 Å². The van der Waals surface area contributed by atoms with Crippen molar-refractivity contribution in [3.8, 4) is 11.5 Å². The third-order valence-corrected chi connectivity index (χ3v) is 4.51. The van der Waals surface area contributed by atoms with Crippen LogP contribution in [0.15, 0.2) is 36.4 Å². The lowest BCUT2D eigenvalue weighted by molar-refractivity contribution is -0.404. The van der Waals surface area contributed by atoms with Gasteiger partial charge in [0.1, 0.15) is 12.4 Å². The van der Waals surface area contributed by atoms with Gasteiger partial charge in [-0.15, -0.1) is 0 Å². The molecule has 3 rings (SSSR count). The van der Waals surface area contributed by atoms with E-state index in [1.54, 1.807) is 0 Å². The molecule has 1 N–H and O–H groups in total. The topological polar surface area (TPSA) is 162 Å². The Bertz CT molecular complexity index is 960. The molecule has 0 amide bonds. The molecule has 1 fully saturated rings. The number of nitro groups is 3. The minimum absolute atomic E-state index is 0.447. The Morgan fingerprint density at radius 2 is 1.65 bits per heavy atom. The van der Waals surface area contributed by atoms with Crippen molar-refractivity contribution in [3.63, 3.8) is 0 Å². The summed E-state index contributed by atoms with van der Waals surface area (Å²) in [4.78, 5) is 30.2.